The first kappa shape index (κ1) is 24.2. The average Bonchev–Trinajstić information content (AvgIpc) is 2.99. The van der Waals surface area contributed by atoms with Gasteiger partial charge in [0.25, 0.3) is 5.91 Å². The van der Waals surface area contributed by atoms with Gasteiger partial charge in [0.15, 0.2) is 11.5 Å². The molecule has 1 saturated heterocycles. The molecule has 1 aliphatic heterocycles. The highest BCUT2D eigenvalue weighted by Gasteiger charge is 2.31. The molecule has 8 heteroatoms. The van der Waals surface area contributed by atoms with E-state index < -0.39 is 0 Å². The molecular weight excluding hydrogens is 422 g/mol. The molecule has 1 heterocycles. The maximum atomic E-state index is 12.8. The van der Waals surface area contributed by atoms with E-state index in [4.69, 9.17) is 26.4 Å². The number of carbonyl (C=O) groups excluding carboxylic acids is 2. The number of rotatable bonds is 12. The number of hydrogen-bond donors (Lipinski definition) is 0. The largest absolute Gasteiger partial charge is 0.490 e. The van der Waals surface area contributed by atoms with E-state index in [1.807, 2.05) is 39.0 Å². The molecule has 0 aliphatic carbocycles. The summed E-state index contributed by atoms with van der Waals surface area (Å²) in [6, 6.07) is 5.61. The van der Waals surface area contributed by atoms with Crippen LogP contribution in [0.1, 0.15) is 52.0 Å². The van der Waals surface area contributed by atoms with Crippen LogP contribution in [-0.4, -0.2) is 47.5 Å². The van der Waals surface area contributed by atoms with Gasteiger partial charge in [-0.2, -0.15) is 0 Å². The fourth-order valence-electron chi connectivity index (χ4n) is 2.73. The number of carbonyl (C=O) groups is 2. The van der Waals surface area contributed by atoms with Crippen LogP contribution in [-0.2, 0) is 14.3 Å². The van der Waals surface area contributed by atoms with E-state index in [0.29, 0.717) is 53.5 Å². The summed E-state index contributed by atoms with van der Waals surface area (Å²) in [5.74, 6) is 0.960. The quantitative estimate of drug-likeness (QED) is 0.257. The lowest BCUT2D eigenvalue weighted by atomic mass is 10.2. The Kier molecular flexibility index (Phi) is 10.2. The first-order chi connectivity index (χ1) is 14.5. The molecule has 0 N–H and O–H groups in total. The van der Waals surface area contributed by atoms with Crippen LogP contribution in [0.4, 0.5) is 0 Å². The summed E-state index contributed by atoms with van der Waals surface area (Å²) in [5.41, 5.74) is 0.839. The van der Waals surface area contributed by atoms with Crippen molar-refractivity contribution in [1.29, 1.82) is 0 Å². The van der Waals surface area contributed by atoms with Crippen molar-refractivity contribution in [2.24, 2.45) is 0 Å². The molecule has 0 radical (unpaired) electrons. The number of esters is 1. The molecular formula is C22H29NO5S2. The Morgan fingerprint density at radius 1 is 1.13 bits per heavy atom. The van der Waals surface area contributed by atoms with Gasteiger partial charge in [-0.05, 0) is 50.0 Å². The molecule has 1 aromatic carbocycles. The first-order valence-corrected chi connectivity index (χ1v) is 11.5. The summed E-state index contributed by atoms with van der Waals surface area (Å²) in [6.07, 6.45) is 4.29. The lowest BCUT2D eigenvalue weighted by Crippen LogP contribution is -2.29. The molecule has 0 unspecified atom stereocenters. The molecule has 1 aromatic rings. The molecule has 1 fully saturated rings. The standard InChI is InChI=1S/C22H29NO5S2/c1-4-12-27-17-10-9-16(14-18(17)26-6-3)15-19-21(25)23(22(29)30-19)11-7-8-20(24)28-13-5-2/h9-10,14-15H,4-8,11-13H2,1-3H3/b19-15-. The Hall–Kier alpha value is -2.06. The van der Waals surface area contributed by atoms with Gasteiger partial charge in [0, 0.05) is 13.0 Å². The number of ether oxygens (including phenoxy) is 3. The number of benzene rings is 1. The minimum absolute atomic E-state index is 0.142. The molecule has 1 amide bonds. The van der Waals surface area contributed by atoms with Gasteiger partial charge in [-0.25, -0.2) is 0 Å². The smallest absolute Gasteiger partial charge is 0.305 e. The van der Waals surface area contributed by atoms with E-state index in [-0.39, 0.29) is 18.3 Å². The van der Waals surface area contributed by atoms with E-state index in [1.54, 1.807) is 11.0 Å². The van der Waals surface area contributed by atoms with Gasteiger partial charge in [-0.3, -0.25) is 14.5 Å². The fraction of sp³-hybridized carbons (Fsp3) is 0.500. The third-order valence-corrected chi connectivity index (χ3v) is 5.51. The highest BCUT2D eigenvalue weighted by Crippen LogP contribution is 2.35. The Labute approximate surface area is 187 Å². The summed E-state index contributed by atoms with van der Waals surface area (Å²) in [5, 5.41) is 0. The van der Waals surface area contributed by atoms with Crippen molar-refractivity contribution in [2.45, 2.75) is 46.5 Å². The van der Waals surface area contributed by atoms with Crippen LogP contribution in [0.3, 0.4) is 0 Å². The minimum atomic E-state index is -0.244. The maximum absolute atomic E-state index is 12.8. The van der Waals surface area contributed by atoms with Crippen molar-refractivity contribution in [3.63, 3.8) is 0 Å². The molecule has 0 atom stereocenters. The van der Waals surface area contributed by atoms with Crippen molar-refractivity contribution >= 4 is 46.3 Å². The van der Waals surface area contributed by atoms with Crippen LogP contribution < -0.4 is 9.47 Å². The number of amides is 1. The second-order valence-electron chi connectivity index (χ2n) is 6.65. The van der Waals surface area contributed by atoms with Crippen molar-refractivity contribution in [2.75, 3.05) is 26.4 Å². The topological polar surface area (TPSA) is 65.1 Å². The molecule has 30 heavy (non-hydrogen) atoms. The van der Waals surface area contributed by atoms with Gasteiger partial charge in [0.1, 0.15) is 4.32 Å². The van der Waals surface area contributed by atoms with Crippen molar-refractivity contribution in [3.05, 3.63) is 28.7 Å². The van der Waals surface area contributed by atoms with Crippen LogP contribution in [0.2, 0.25) is 0 Å². The third-order valence-electron chi connectivity index (χ3n) is 4.13. The van der Waals surface area contributed by atoms with Crippen molar-refractivity contribution in [3.8, 4) is 11.5 Å². The lowest BCUT2D eigenvalue weighted by Gasteiger charge is -2.14. The Morgan fingerprint density at radius 2 is 1.90 bits per heavy atom. The molecule has 0 bridgehead atoms. The predicted molar refractivity (Wildman–Crippen MR) is 124 cm³/mol. The van der Waals surface area contributed by atoms with Crippen LogP contribution in [0.5, 0.6) is 11.5 Å². The lowest BCUT2D eigenvalue weighted by molar-refractivity contribution is -0.144. The van der Waals surface area contributed by atoms with E-state index in [9.17, 15) is 9.59 Å². The van der Waals surface area contributed by atoms with E-state index >= 15 is 0 Å². The summed E-state index contributed by atoms with van der Waals surface area (Å²) in [6.45, 7) is 7.87. The van der Waals surface area contributed by atoms with E-state index in [1.165, 1.54) is 11.8 Å². The Morgan fingerprint density at radius 3 is 2.60 bits per heavy atom. The summed E-state index contributed by atoms with van der Waals surface area (Å²) < 4.78 is 17.0. The molecule has 0 saturated carbocycles. The molecule has 0 spiro atoms. The number of thiocarbonyl (C=S) groups is 1. The minimum Gasteiger partial charge on any atom is -0.490 e. The second kappa shape index (κ2) is 12.6. The van der Waals surface area contributed by atoms with Gasteiger partial charge < -0.3 is 14.2 Å². The van der Waals surface area contributed by atoms with Crippen LogP contribution in [0, 0.1) is 0 Å². The van der Waals surface area contributed by atoms with Gasteiger partial charge >= 0.3 is 5.97 Å². The molecule has 2 rings (SSSR count). The summed E-state index contributed by atoms with van der Waals surface area (Å²) in [7, 11) is 0. The van der Waals surface area contributed by atoms with Crippen molar-refractivity contribution < 1.29 is 23.8 Å². The third kappa shape index (κ3) is 7.02. The fourth-order valence-corrected chi connectivity index (χ4v) is 4.04. The Bertz CT molecular complexity index is 794. The van der Waals surface area contributed by atoms with Crippen molar-refractivity contribution in [1.82, 2.24) is 4.90 Å². The maximum Gasteiger partial charge on any atom is 0.305 e. The van der Waals surface area contributed by atoms with Gasteiger partial charge in [0.05, 0.1) is 24.7 Å². The molecule has 0 aromatic heterocycles. The van der Waals surface area contributed by atoms with E-state index in [2.05, 4.69) is 0 Å². The van der Waals surface area contributed by atoms with Gasteiger partial charge in [0.2, 0.25) is 0 Å². The zero-order valence-corrected chi connectivity index (χ0v) is 19.4. The van der Waals surface area contributed by atoms with Crippen LogP contribution >= 0.6 is 24.0 Å². The second-order valence-corrected chi connectivity index (χ2v) is 8.32. The van der Waals surface area contributed by atoms with E-state index in [0.717, 1.165) is 18.4 Å². The predicted octanol–water partition coefficient (Wildman–Crippen LogP) is 4.81. The highest BCUT2D eigenvalue weighted by molar-refractivity contribution is 8.26. The molecule has 6 nitrogen and oxygen atoms in total. The number of thioether (sulfide) groups is 1. The normalized spacial score (nSPS) is 15.0. The zero-order chi connectivity index (χ0) is 21.9. The average molecular weight is 452 g/mol. The van der Waals surface area contributed by atoms with Gasteiger partial charge in [-0.15, -0.1) is 0 Å². The SMILES string of the molecule is CCCOC(=O)CCCN1C(=O)/C(=C/c2ccc(OCCC)c(OCC)c2)SC1=S. The van der Waals surface area contributed by atoms with Crippen LogP contribution in [0.25, 0.3) is 6.08 Å². The van der Waals surface area contributed by atoms with Gasteiger partial charge in [-0.1, -0.05) is 43.9 Å². The summed E-state index contributed by atoms with van der Waals surface area (Å²) >= 11 is 6.63. The highest BCUT2D eigenvalue weighted by atomic mass is 32.2. The number of nitrogens with zero attached hydrogens (tertiary/aromatic N) is 1. The summed E-state index contributed by atoms with van der Waals surface area (Å²) in [4.78, 5) is 26.5. The zero-order valence-electron chi connectivity index (χ0n) is 17.8. The number of hydrogen-bond acceptors (Lipinski definition) is 7. The van der Waals surface area contributed by atoms with Crippen LogP contribution in [0.15, 0.2) is 23.1 Å². The first-order valence-electron chi connectivity index (χ1n) is 10.3. The Balaban J connectivity index is 2.03. The monoisotopic (exact) mass is 451 g/mol. The molecule has 164 valence electrons. The molecule has 1 aliphatic rings.